The number of furan rings is 1. The van der Waals surface area contributed by atoms with E-state index in [-0.39, 0.29) is 0 Å². The normalized spacial score (nSPS) is 11.3. The van der Waals surface area contributed by atoms with Crippen LogP contribution in [0.2, 0.25) is 0 Å². The molecule has 0 saturated heterocycles. The number of benzene rings is 7. The molecule has 0 aliphatic carbocycles. The van der Waals surface area contributed by atoms with E-state index in [0.717, 1.165) is 72.0 Å². The van der Waals surface area contributed by atoms with Gasteiger partial charge in [-0.1, -0.05) is 152 Å². The van der Waals surface area contributed by atoms with Crippen molar-refractivity contribution in [3.63, 3.8) is 0 Å². The van der Waals surface area contributed by atoms with Crippen molar-refractivity contribution in [2.75, 3.05) is 0 Å². The van der Waals surface area contributed by atoms with Crippen molar-refractivity contribution in [2.45, 2.75) is 0 Å². The van der Waals surface area contributed by atoms with Crippen LogP contribution in [0, 0.1) is 0 Å². The van der Waals surface area contributed by atoms with Crippen molar-refractivity contribution in [2.24, 2.45) is 0 Å². The first-order chi connectivity index (χ1) is 24.3. The predicted molar refractivity (Wildman–Crippen MR) is 200 cm³/mol. The zero-order valence-electron chi connectivity index (χ0n) is 26.5. The molecule has 9 rings (SSSR count). The van der Waals surface area contributed by atoms with Gasteiger partial charge in [0.1, 0.15) is 11.2 Å². The largest absolute Gasteiger partial charge is 0.456 e. The molecule has 0 spiro atoms. The number of rotatable bonds is 6. The van der Waals surface area contributed by atoms with E-state index in [9.17, 15) is 0 Å². The maximum absolute atomic E-state index is 6.41. The minimum Gasteiger partial charge on any atom is -0.456 e. The molecule has 0 aliphatic heterocycles. The van der Waals surface area contributed by atoms with Crippen molar-refractivity contribution in [3.8, 4) is 67.5 Å². The van der Waals surface area contributed by atoms with Crippen molar-refractivity contribution < 1.29 is 4.42 Å². The van der Waals surface area contributed by atoms with Gasteiger partial charge in [0.2, 0.25) is 0 Å². The quantitative estimate of drug-likeness (QED) is 0.184. The summed E-state index contributed by atoms with van der Waals surface area (Å²) in [5.41, 5.74) is 11.0. The lowest BCUT2D eigenvalue weighted by Crippen LogP contribution is -2.01. The van der Waals surface area contributed by atoms with Crippen molar-refractivity contribution in [1.29, 1.82) is 0 Å². The Morgan fingerprint density at radius 1 is 0.306 bits per heavy atom. The third kappa shape index (κ3) is 5.35. The molecule has 4 nitrogen and oxygen atoms in total. The zero-order chi connectivity index (χ0) is 32.6. The molecule has 0 bridgehead atoms. The van der Waals surface area contributed by atoms with Crippen LogP contribution in [0.4, 0.5) is 0 Å². The SMILES string of the molecule is c1ccc(-c2cccc(-c3nc(-c4ccccc4-c4ccccc4)nc(-c4cccc5oc6ccc(-c7ccccc7)cc6c45)n3)c2)cc1. The highest BCUT2D eigenvalue weighted by Gasteiger charge is 2.20. The van der Waals surface area contributed by atoms with Gasteiger partial charge in [0.25, 0.3) is 0 Å². The molecule has 0 radical (unpaired) electrons. The van der Waals surface area contributed by atoms with Crippen LogP contribution in [0.25, 0.3) is 89.5 Å². The lowest BCUT2D eigenvalue weighted by molar-refractivity contribution is 0.669. The monoisotopic (exact) mass is 627 g/mol. The number of nitrogens with zero attached hydrogens (tertiary/aromatic N) is 3. The standard InChI is InChI=1S/C45H29N3O/c1-4-14-30(15-5-1)33-20-12-21-35(28-33)43-46-44(37-23-11-10-22-36(37)32-18-8-3-9-19-32)48-45(47-43)38-24-13-25-41-42(38)39-29-34(26-27-40(39)49-41)31-16-6-2-7-17-31/h1-29H. The summed E-state index contributed by atoms with van der Waals surface area (Å²) in [6.45, 7) is 0. The second-order valence-electron chi connectivity index (χ2n) is 12.0. The molecule has 0 saturated carbocycles. The van der Waals surface area contributed by atoms with E-state index in [4.69, 9.17) is 19.4 Å². The van der Waals surface area contributed by atoms with E-state index in [0.29, 0.717) is 17.5 Å². The van der Waals surface area contributed by atoms with E-state index in [1.165, 1.54) is 0 Å². The Morgan fingerprint density at radius 3 is 1.53 bits per heavy atom. The molecule has 0 atom stereocenters. The van der Waals surface area contributed by atoms with Crippen LogP contribution in [-0.4, -0.2) is 15.0 Å². The third-order valence-corrected chi connectivity index (χ3v) is 8.96. The summed E-state index contributed by atoms with van der Waals surface area (Å²) < 4.78 is 6.41. The average molecular weight is 628 g/mol. The van der Waals surface area contributed by atoms with E-state index in [2.05, 4.69) is 140 Å². The molecule has 9 aromatic rings. The molecule has 4 heteroatoms. The van der Waals surface area contributed by atoms with Crippen LogP contribution in [-0.2, 0) is 0 Å². The average Bonchev–Trinajstić information content (AvgIpc) is 3.57. The van der Waals surface area contributed by atoms with Gasteiger partial charge in [-0.3, -0.25) is 0 Å². The number of hydrogen-bond acceptors (Lipinski definition) is 4. The number of aromatic nitrogens is 3. The van der Waals surface area contributed by atoms with Crippen LogP contribution < -0.4 is 0 Å². The lowest BCUT2D eigenvalue weighted by atomic mass is 9.98. The fraction of sp³-hybridized carbons (Fsp3) is 0. The number of hydrogen-bond donors (Lipinski definition) is 0. The van der Waals surface area contributed by atoms with Crippen LogP contribution in [0.3, 0.4) is 0 Å². The minimum absolute atomic E-state index is 0.589. The summed E-state index contributed by atoms with van der Waals surface area (Å²) in [6, 6.07) is 60.4. The molecule has 49 heavy (non-hydrogen) atoms. The Balaban J connectivity index is 1.29. The Kier molecular flexibility index (Phi) is 7.10. The van der Waals surface area contributed by atoms with Crippen LogP contribution >= 0.6 is 0 Å². The molecule has 230 valence electrons. The van der Waals surface area contributed by atoms with Crippen molar-refractivity contribution >= 4 is 21.9 Å². The summed E-state index contributed by atoms with van der Waals surface area (Å²) in [7, 11) is 0. The summed E-state index contributed by atoms with van der Waals surface area (Å²) in [5, 5.41) is 2.00. The molecule has 0 unspecified atom stereocenters. The smallest absolute Gasteiger partial charge is 0.164 e. The molecular formula is C45H29N3O. The van der Waals surface area contributed by atoms with E-state index < -0.39 is 0 Å². The minimum atomic E-state index is 0.589. The molecule has 0 fully saturated rings. The first-order valence-corrected chi connectivity index (χ1v) is 16.4. The second-order valence-corrected chi connectivity index (χ2v) is 12.0. The van der Waals surface area contributed by atoms with Gasteiger partial charge in [-0.05, 0) is 57.6 Å². The Bertz CT molecular complexity index is 2590. The van der Waals surface area contributed by atoms with Crippen LogP contribution in [0.15, 0.2) is 180 Å². The zero-order valence-corrected chi connectivity index (χ0v) is 26.5. The van der Waals surface area contributed by atoms with Crippen LogP contribution in [0.5, 0.6) is 0 Å². The van der Waals surface area contributed by atoms with Gasteiger partial charge < -0.3 is 4.42 Å². The summed E-state index contributed by atoms with van der Waals surface area (Å²) >= 11 is 0. The lowest BCUT2D eigenvalue weighted by Gasteiger charge is -2.13. The fourth-order valence-electron chi connectivity index (χ4n) is 6.59. The highest BCUT2D eigenvalue weighted by Crippen LogP contribution is 2.39. The number of fused-ring (bicyclic) bond motifs is 3. The highest BCUT2D eigenvalue weighted by atomic mass is 16.3. The summed E-state index contributed by atoms with van der Waals surface area (Å²) in [5.74, 6) is 1.81. The fourth-order valence-corrected chi connectivity index (χ4v) is 6.59. The molecule has 0 amide bonds. The summed E-state index contributed by atoms with van der Waals surface area (Å²) in [6.07, 6.45) is 0. The van der Waals surface area contributed by atoms with Gasteiger partial charge in [0.15, 0.2) is 17.5 Å². The molecule has 2 aromatic heterocycles. The van der Waals surface area contributed by atoms with Crippen LogP contribution in [0.1, 0.15) is 0 Å². The Hall–Kier alpha value is -6.65. The van der Waals surface area contributed by atoms with Gasteiger partial charge in [-0.25, -0.2) is 15.0 Å². The van der Waals surface area contributed by atoms with Gasteiger partial charge in [-0.15, -0.1) is 0 Å². The maximum Gasteiger partial charge on any atom is 0.164 e. The molecular weight excluding hydrogens is 599 g/mol. The third-order valence-electron chi connectivity index (χ3n) is 8.96. The Morgan fingerprint density at radius 2 is 0.816 bits per heavy atom. The van der Waals surface area contributed by atoms with Crippen molar-refractivity contribution in [1.82, 2.24) is 15.0 Å². The summed E-state index contributed by atoms with van der Waals surface area (Å²) in [4.78, 5) is 15.6. The molecule has 7 aromatic carbocycles. The van der Waals surface area contributed by atoms with Gasteiger partial charge in [0.05, 0.1) is 0 Å². The first-order valence-electron chi connectivity index (χ1n) is 16.4. The van der Waals surface area contributed by atoms with E-state index in [1.807, 2.05) is 36.4 Å². The van der Waals surface area contributed by atoms with Gasteiger partial charge >= 0.3 is 0 Å². The van der Waals surface area contributed by atoms with E-state index in [1.54, 1.807) is 0 Å². The molecule has 0 N–H and O–H groups in total. The maximum atomic E-state index is 6.41. The molecule has 2 heterocycles. The topological polar surface area (TPSA) is 51.8 Å². The first kappa shape index (κ1) is 28.6. The Labute approximate surface area is 284 Å². The van der Waals surface area contributed by atoms with Crippen molar-refractivity contribution in [3.05, 3.63) is 176 Å². The van der Waals surface area contributed by atoms with Gasteiger partial charge in [0, 0.05) is 27.5 Å². The predicted octanol–water partition coefficient (Wildman–Crippen LogP) is 11.8. The molecule has 0 aliphatic rings. The van der Waals surface area contributed by atoms with E-state index >= 15 is 0 Å². The second kappa shape index (κ2) is 12.2. The highest BCUT2D eigenvalue weighted by molar-refractivity contribution is 6.12. The van der Waals surface area contributed by atoms with Gasteiger partial charge in [-0.2, -0.15) is 0 Å².